The van der Waals surface area contributed by atoms with Crippen molar-refractivity contribution in [3.63, 3.8) is 0 Å². The second-order valence-electron chi connectivity index (χ2n) is 20.9. The van der Waals surface area contributed by atoms with Crippen molar-refractivity contribution in [1.82, 2.24) is 0 Å². The first-order valence-corrected chi connectivity index (χ1v) is 32.6. The van der Waals surface area contributed by atoms with Gasteiger partial charge in [0.05, 0.1) is 0 Å². The second kappa shape index (κ2) is 67.3. The summed E-state index contributed by atoms with van der Waals surface area (Å²) in [7, 11) is 0. The van der Waals surface area contributed by atoms with Gasteiger partial charge in [0.15, 0.2) is 6.10 Å². The maximum absolute atomic E-state index is 12.9. The third kappa shape index (κ3) is 65.5. The van der Waals surface area contributed by atoms with Crippen LogP contribution in [0.15, 0.2) is 170 Å². The minimum atomic E-state index is -0.823. The maximum Gasteiger partial charge on any atom is 0.306 e. The fourth-order valence-corrected chi connectivity index (χ4v) is 8.43. The minimum Gasteiger partial charge on any atom is -0.462 e. The highest BCUT2D eigenvalue weighted by atomic mass is 16.6. The first-order chi connectivity index (χ1) is 40.0. The van der Waals surface area contributed by atoms with Gasteiger partial charge in [-0.15, -0.1) is 0 Å². The van der Waals surface area contributed by atoms with E-state index in [0.29, 0.717) is 19.3 Å². The zero-order valence-electron chi connectivity index (χ0n) is 52.0. The Kier molecular flexibility index (Phi) is 62.9. The Balaban J connectivity index is 4.50. The van der Waals surface area contributed by atoms with Crippen LogP contribution in [0.5, 0.6) is 0 Å². The standard InChI is InChI=1S/C75H118O6/c1-4-7-10-13-16-19-22-25-28-31-33-35-36-37-38-40-41-44-47-50-53-56-59-62-65-68-74(77)80-71-72(70-79-73(76)67-64-61-58-55-52-49-46-43-30-27-24-21-18-15-12-9-6-3)81-75(78)69-66-63-60-57-54-51-48-45-42-39-34-32-29-26-23-20-17-14-11-8-5-2/h7-12,16-21,25-30,33-35,39,45-46,48-49,54,57,72H,4-6,13-15,22-24,31-32,36-38,40-44,47,50-53,55-56,58-71H2,1-3H3/b10-7-,11-8-,12-9-,19-16-,20-17-,21-18-,28-25-,29-26-,30-27-,35-33-,39-34-,48-45-,49-46-,57-54-. The molecule has 1 unspecified atom stereocenters. The largest absolute Gasteiger partial charge is 0.462 e. The SMILES string of the molecule is CC/C=C\C/C=C\C/C=C\C/C=C\C/C=C\C/C=C\CCCCC(=O)OC(COC(=O)CCCCCC/C=C\C/C=C\C/C=C\C/C=C\CC)COC(=O)CCCCCCCCCCCCCC/C=C\C/C=C\C/C=C\C/C=C\CC. The molecule has 0 bridgehead atoms. The molecule has 0 aromatic heterocycles. The fourth-order valence-electron chi connectivity index (χ4n) is 8.43. The number of ether oxygens (including phenoxy) is 3. The van der Waals surface area contributed by atoms with E-state index >= 15 is 0 Å². The number of allylic oxidation sites excluding steroid dienone is 28. The lowest BCUT2D eigenvalue weighted by atomic mass is 10.0. The smallest absolute Gasteiger partial charge is 0.306 e. The van der Waals surface area contributed by atoms with Crippen molar-refractivity contribution in [3.05, 3.63) is 170 Å². The van der Waals surface area contributed by atoms with Gasteiger partial charge in [-0.3, -0.25) is 14.4 Å². The van der Waals surface area contributed by atoms with Crippen molar-refractivity contribution in [2.24, 2.45) is 0 Å². The molecule has 0 aromatic rings. The summed E-state index contributed by atoms with van der Waals surface area (Å²) in [5.41, 5.74) is 0. The normalized spacial score (nSPS) is 13.3. The monoisotopic (exact) mass is 1110 g/mol. The van der Waals surface area contributed by atoms with Crippen LogP contribution in [0, 0.1) is 0 Å². The Morgan fingerprint density at radius 3 is 0.716 bits per heavy atom. The quantitative estimate of drug-likeness (QED) is 0.0261. The highest BCUT2D eigenvalue weighted by Gasteiger charge is 2.19. The summed E-state index contributed by atoms with van der Waals surface area (Å²) < 4.78 is 16.9. The Labute approximate surface area is 498 Å². The molecule has 0 amide bonds. The maximum atomic E-state index is 12.9. The number of rotatable bonds is 57. The number of carbonyl (C=O) groups excluding carboxylic acids is 3. The Morgan fingerprint density at radius 2 is 0.444 bits per heavy atom. The van der Waals surface area contributed by atoms with Crippen molar-refractivity contribution in [2.75, 3.05) is 13.2 Å². The lowest BCUT2D eigenvalue weighted by molar-refractivity contribution is -0.167. The fraction of sp³-hybridized carbons (Fsp3) is 0.587. The molecule has 0 heterocycles. The van der Waals surface area contributed by atoms with Crippen LogP contribution in [-0.4, -0.2) is 37.2 Å². The lowest BCUT2D eigenvalue weighted by Gasteiger charge is -2.18. The number of hydrogen-bond acceptors (Lipinski definition) is 6. The molecule has 0 aliphatic rings. The van der Waals surface area contributed by atoms with Crippen LogP contribution in [0.1, 0.15) is 265 Å². The van der Waals surface area contributed by atoms with Gasteiger partial charge in [0.25, 0.3) is 0 Å². The van der Waals surface area contributed by atoms with Gasteiger partial charge in [0, 0.05) is 19.3 Å². The van der Waals surface area contributed by atoms with Crippen LogP contribution in [0.4, 0.5) is 0 Å². The molecule has 0 radical (unpaired) electrons. The number of hydrogen-bond donors (Lipinski definition) is 0. The minimum absolute atomic E-state index is 0.112. The summed E-state index contributed by atoms with van der Waals surface area (Å²) in [4.78, 5) is 38.4. The van der Waals surface area contributed by atoms with Crippen molar-refractivity contribution in [2.45, 2.75) is 271 Å². The Hall–Kier alpha value is -5.23. The van der Waals surface area contributed by atoms with Gasteiger partial charge in [0.1, 0.15) is 13.2 Å². The van der Waals surface area contributed by atoms with E-state index in [0.717, 1.165) is 154 Å². The van der Waals surface area contributed by atoms with Crippen molar-refractivity contribution in [3.8, 4) is 0 Å². The molecule has 0 aromatic carbocycles. The van der Waals surface area contributed by atoms with Crippen LogP contribution in [0.2, 0.25) is 0 Å². The van der Waals surface area contributed by atoms with Crippen LogP contribution in [0.25, 0.3) is 0 Å². The summed E-state index contributed by atoms with van der Waals surface area (Å²) in [5, 5.41) is 0. The highest BCUT2D eigenvalue weighted by molar-refractivity contribution is 5.71. The molecule has 0 N–H and O–H groups in total. The van der Waals surface area contributed by atoms with E-state index in [4.69, 9.17) is 14.2 Å². The van der Waals surface area contributed by atoms with Crippen LogP contribution < -0.4 is 0 Å². The summed E-state index contributed by atoms with van der Waals surface area (Å²) in [6.07, 6.45) is 99.3. The Morgan fingerprint density at radius 1 is 0.247 bits per heavy atom. The number of esters is 3. The zero-order chi connectivity index (χ0) is 58.5. The molecular weight excluding hydrogens is 997 g/mol. The van der Waals surface area contributed by atoms with Crippen molar-refractivity contribution in [1.29, 1.82) is 0 Å². The first kappa shape index (κ1) is 75.8. The van der Waals surface area contributed by atoms with Crippen LogP contribution in [0.3, 0.4) is 0 Å². The molecule has 0 fully saturated rings. The average molecular weight is 1120 g/mol. The average Bonchev–Trinajstić information content (AvgIpc) is 3.47. The molecule has 6 nitrogen and oxygen atoms in total. The molecule has 0 rings (SSSR count). The van der Waals surface area contributed by atoms with E-state index in [1.165, 1.54) is 64.2 Å². The highest BCUT2D eigenvalue weighted by Crippen LogP contribution is 2.15. The third-order valence-electron chi connectivity index (χ3n) is 13.2. The summed E-state index contributed by atoms with van der Waals surface area (Å²) >= 11 is 0. The van der Waals surface area contributed by atoms with E-state index in [9.17, 15) is 14.4 Å². The van der Waals surface area contributed by atoms with Gasteiger partial charge in [-0.2, -0.15) is 0 Å². The van der Waals surface area contributed by atoms with Crippen molar-refractivity contribution < 1.29 is 28.6 Å². The number of carbonyl (C=O) groups is 3. The molecule has 1 atom stereocenters. The van der Waals surface area contributed by atoms with Gasteiger partial charge in [0.2, 0.25) is 0 Å². The Bertz CT molecular complexity index is 1860. The van der Waals surface area contributed by atoms with E-state index in [1.807, 2.05) is 0 Å². The molecular formula is C75H118O6. The molecule has 0 aliphatic carbocycles. The molecule has 0 spiro atoms. The van der Waals surface area contributed by atoms with Gasteiger partial charge in [-0.1, -0.05) is 268 Å². The van der Waals surface area contributed by atoms with Crippen molar-refractivity contribution >= 4 is 17.9 Å². The first-order valence-electron chi connectivity index (χ1n) is 32.6. The predicted molar refractivity (Wildman–Crippen MR) is 352 cm³/mol. The molecule has 0 aliphatic heterocycles. The summed E-state index contributed by atoms with van der Waals surface area (Å²) in [5.74, 6) is -0.985. The third-order valence-corrected chi connectivity index (χ3v) is 13.2. The van der Waals surface area contributed by atoms with E-state index in [1.54, 1.807) is 0 Å². The molecule has 0 saturated heterocycles. The van der Waals surface area contributed by atoms with E-state index < -0.39 is 6.10 Å². The molecule has 6 heteroatoms. The second-order valence-corrected chi connectivity index (χ2v) is 20.9. The van der Waals surface area contributed by atoms with Gasteiger partial charge in [-0.25, -0.2) is 0 Å². The van der Waals surface area contributed by atoms with Gasteiger partial charge in [-0.05, 0) is 148 Å². The topological polar surface area (TPSA) is 78.9 Å². The van der Waals surface area contributed by atoms with Gasteiger partial charge < -0.3 is 14.2 Å². The summed E-state index contributed by atoms with van der Waals surface area (Å²) in [6, 6.07) is 0. The molecule has 454 valence electrons. The van der Waals surface area contributed by atoms with Crippen LogP contribution >= 0.6 is 0 Å². The van der Waals surface area contributed by atoms with Gasteiger partial charge >= 0.3 is 17.9 Å². The zero-order valence-corrected chi connectivity index (χ0v) is 52.0. The lowest BCUT2D eigenvalue weighted by Crippen LogP contribution is -2.30. The molecule has 0 saturated carbocycles. The summed E-state index contributed by atoms with van der Waals surface area (Å²) in [6.45, 7) is 6.24. The molecule has 81 heavy (non-hydrogen) atoms. The van der Waals surface area contributed by atoms with Crippen LogP contribution in [-0.2, 0) is 28.6 Å². The van der Waals surface area contributed by atoms with E-state index in [-0.39, 0.29) is 37.5 Å². The van der Waals surface area contributed by atoms with E-state index in [2.05, 4.69) is 191 Å². The predicted octanol–water partition coefficient (Wildman–Crippen LogP) is 22.7. The number of unbranched alkanes of at least 4 members (excludes halogenated alkanes) is 18.